The lowest BCUT2D eigenvalue weighted by Crippen LogP contribution is -3.14. The van der Waals surface area contributed by atoms with Crippen LogP contribution in [0.25, 0.3) is 0 Å². The summed E-state index contributed by atoms with van der Waals surface area (Å²) in [5, 5.41) is 6.28. The molecule has 2 aromatic rings. The van der Waals surface area contributed by atoms with Gasteiger partial charge in [-0.3, -0.25) is 9.59 Å². The molecule has 0 fully saturated rings. The predicted molar refractivity (Wildman–Crippen MR) is 111 cm³/mol. The average Bonchev–Trinajstić information content (AvgIpc) is 2.59. The molecule has 2 rings (SSSR count). The molecular formula is C21H27ClN3O2+. The Hall–Kier alpha value is -2.37. The molecule has 2 amide bonds. The number of hydrogen-bond acceptors (Lipinski definition) is 2. The van der Waals surface area contributed by atoms with Crippen LogP contribution in [-0.2, 0) is 9.59 Å². The molecule has 0 spiro atoms. The summed E-state index contributed by atoms with van der Waals surface area (Å²) >= 11 is 6.06. The minimum Gasteiger partial charge on any atom is -0.320 e. The third-order valence-corrected chi connectivity index (χ3v) is 4.97. The summed E-state index contributed by atoms with van der Waals surface area (Å²) in [4.78, 5) is 25.7. The van der Waals surface area contributed by atoms with E-state index in [0.717, 1.165) is 27.3 Å². The second-order valence-electron chi connectivity index (χ2n) is 7.04. The first-order valence-electron chi connectivity index (χ1n) is 8.94. The van der Waals surface area contributed by atoms with Crippen LogP contribution in [-0.4, -0.2) is 31.4 Å². The molecule has 0 aliphatic rings. The molecule has 0 aliphatic heterocycles. The number of carbonyl (C=O) groups excluding carboxylic acids is 2. The van der Waals surface area contributed by atoms with Crippen LogP contribution >= 0.6 is 11.6 Å². The normalized spacial score (nSPS) is 13.0. The molecule has 1 unspecified atom stereocenters. The largest absolute Gasteiger partial charge is 0.320 e. The van der Waals surface area contributed by atoms with E-state index in [-0.39, 0.29) is 24.4 Å². The second-order valence-corrected chi connectivity index (χ2v) is 7.44. The maximum atomic E-state index is 12.7. The first-order chi connectivity index (χ1) is 12.7. The molecule has 0 bridgehead atoms. The Morgan fingerprint density at radius 3 is 2.26 bits per heavy atom. The van der Waals surface area contributed by atoms with E-state index in [0.29, 0.717) is 10.7 Å². The Balaban J connectivity index is 1.98. The molecule has 2 aromatic carbocycles. The van der Waals surface area contributed by atoms with E-state index in [4.69, 9.17) is 11.6 Å². The highest BCUT2D eigenvalue weighted by molar-refractivity contribution is 6.33. The molecule has 27 heavy (non-hydrogen) atoms. The monoisotopic (exact) mass is 388 g/mol. The summed E-state index contributed by atoms with van der Waals surface area (Å²) in [5.41, 5.74) is 4.63. The number of benzene rings is 2. The van der Waals surface area contributed by atoms with Crippen molar-refractivity contribution in [1.82, 2.24) is 0 Å². The maximum Gasteiger partial charge on any atom is 0.282 e. The van der Waals surface area contributed by atoms with Crippen LogP contribution in [0.5, 0.6) is 0 Å². The minimum absolute atomic E-state index is 0.118. The fourth-order valence-electron chi connectivity index (χ4n) is 3.00. The molecule has 0 saturated carbocycles. The van der Waals surface area contributed by atoms with Crippen molar-refractivity contribution in [3.05, 3.63) is 58.1 Å². The van der Waals surface area contributed by atoms with Gasteiger partial charge in [-0.2, -0.15) is 0 Å². The Labute approximate surface area is 165 Å². The summed E-state index contributed by atoms with van der Waals surface area (Å²) in [5.74, 6) is -0.309. The SMILES string of the molecule is Cc1cc(C)c(NC(=O)[C@H](C)[NH+](C)CC(=O)Nc2ccccc2Cl)c(C)c1. The number of rotatable bonds is 6. The third-order valence-electron chi connectivity index (χ3n) is 4.65. The van der Waals surface area contributed by atoms with Crippen LogP contribution in [0, 0.1) is 20.8 Å². The highest BCUT2D eigenvalue weighted by Crippen LogP contribution is 2.22. The van der Waals surface area contributed by atoms with Crippen LogP contribution in [0.15, 0.2) is 36.4 Å². The second kappa shape index (κ2) is 9.02. The van der Waals surface area contributed by atoms with Crippen molar-refractivity contribution < 1.29 is 14.5 Å². The first kappa shape index (κ1) is 20.9. The fourth-order valence-corrected chi connectivity index (χ4v) is 3.18. The van der Waals surface area contributed by atoms with E-state index in [9.17, 15) is 9.59 Å². The number of quaternary nitrogens is 1. The number of hydrogen-bond donors (Lipinski definition) is 3. The van der Waals surface area contributed by atoms with Gasteiger partial charge in [-0.1, -0.05) is 41.4 Å². The lowest BCUT2D eigenvalue weighted by atomic mass is 10.0. The van der Waals surface area contributed by atoms with Gasteiger partial charge >= 0.3 is 0 Å². The van der Waals surface area contributed by atoms with Gasteiger partial charge in [-0.25, -0.2) is 0 Å². The molecule has 0 radical (unpaired) electrons. The molecular weight excluding hydrogens is 362 g/mol. The third kappa shape index (κ3) is 5.55. The van der Waals surface area contributed by atoms with Crippen LogP contribution < -0.4 is 15.5 Å². The van der Waals surface area contributed by atoms with Crippen molar-refractivity contribution in [1.29, 1.82) is 0 Å². The average molecular weight is 389 g/mol. The number of para-hydroxylation sites is 1. The van der Waals surface area contributed by atoms with Crippen molar-refractivity contribution in [2.75, 3.05) is 24.2 Å². The number of nitrogens with one attached hydrogen (secondary N) is 3. The number of aryl methyl sites for hydroxylation is 3. The van der Waals surface area contributed by atoms with Crippen LogP contribution in [0.2, 0.25) is 5.02 Å². The van der Waals surface area contributed by atoms with E-state index < -0.39 is 0 Å². The molecule has 2 atom stereocenters. The van der Waals surface area contributed by atoms with E-state index in [1.807, 2.05) is 46.9 Å². The molecule has 6 heteroatoms. The van der Waals surface area contributed by atoms with Crippen molar-refractivity contribution >= 4 is 34.8 Å². The van der Waals surface area contributed by atoms with Gasteiger partial charge in [0.05, 0.1) is 17.8 Å². The topological polar surface area (TPSA) is 62.6 Å². The van der Waals surface area contributed by atoms with Crippen molar-refractivity contribution in [2.45, 2.75) is 33.7 Å². The summed E-state index contributed by atoms with van der Waals surface area (Å²) in [6.45, 7) is 7.96. The van der Waals surface area contributed by atoms with Gasteiger partial charge < -0.3 is 15.5 Å². The molecule has 0 saturated heterocycles. The predicted octanol–water partition coefficient (Wildman–Crippen LogP) is 2.75. The molecule has 3 N–H and O–H groups in total. The Morgan fingerprint density at radius 1 is 1.07 bits per heavy atom. The first-order valence-corrected chi connectivity index (χ1v) is 9.32. The van der Waals surface area contributed by atoms with Crippen LogP contribution in [0.3, 0.4) is 0 Å². The Morgan fingerprint density at radius 2 is 1.67 bits per heavy atom. The standard InChI is InChI=1S/C21H26ClN3O2/c1-13-10-14(2)20(15(3)11-13)24-21(27)16(4)25(5)12-19(26)23-18-9-7-6-8-17(18)22/h6-11,16H,12H2,1-5H3,(H,23,26)(H,24,27)/p+1/t16-/m0/s1. The summed E-state index contributed by atoms with van der Waals surface area (Å²) in [6, 6.07) is 10.8. The number of carbonyl (C=O) groups is 2. The maximum absolute atomic E-state index is 12.7. The van der Waals surface area contributed by atoms with Gasteiger partial charge in [0, 0.05) is 5.69 Å². The van der Waals surface area contributed by atoms with E-state index in [1.165, 1.54) is 0 Å². The van der Waals surface area contributed by atoms with Crippen molar-refractivity contribution in [3.8, 4) is 0 Å². The smallest absolute Gasteiger partial charge is 0.282 e. The number of halogens is 1. The summed E-state index contributed by atoms with van der Waals surface area (Å²) < 4.78 is 0. The highest BCUT2D eigenvalue weighted by atomic mass is 35.5. The summed E-state index contributed by atoms with van der Waals surface area (Å²) in [7, 11) is 1.82. The number of anilines is 2. The zero-order valence-electron chi connectivity index (χ0n) is 16.4. The Kier molecular flexibility index (Phi) is 6.99. The van der Waals surface area contributed by atoms with E-state index in [2.05, 4.69) is 10.6 Å². The van der Waals surface area contributed by atoms with Gasteiger partial charge in [0.25, 0.3) is 11.8 Å². The molecule has 5 nitrogen and oxygen atoms in total. The number of likely N-dealkylation sites (N-methyl/N-ethyl adjacent to an activating group) is 1. The van der Waals surface area contributed by atoms with E-state index >= 15 is 0 Å². The van der Waals surface area contributed by atoms with Gasteiger partial charge in [-0.15, -0.1) is 0 Å². The zero-order valence-corrected chi connectivity index (χ0v) is 17.2. The van der Waals surface area contributed by atoms with Crippen LogP contribution in [0.4, 0.5) is 11.4 Å². The minimum atomic E-state index is -0.387. The molecule has 144 valence electrons. The molecule has 0 heterocycles. The zero-order chi connectivity index (χ0) is 20.1. The highest BCUT2D eigenvalue weighted by Gasteiger charge is 2.25. The Bertz CT molecular complexity index is 828. The lowest BCUT2D eigenvalue weighted by molar-refractivity contribution is -0.885. The van der Waals surface area contributed by atoms with Gasteiger partial charge in [0.1, 0.15) is 0 Å². The van der Waals surface area contributed by atoms with Gasteiger partial charge in [0.15, 0.2) is 12.6 Å². The van der Waals surface area contributed by atoms with E-state index in [1.54, 1.807) is 24.3 Å². The fraction of sp³-hybridized carbons (Fsp3) is 0.333. The lowest BCUT2D eigenvalue weighted by Gasteiger charge is -2.22. The quantitative estimate of drug-likeness (QED) is 0.712. The van der Waals surface area contributed by atoms with Crippen LogP contribution in [0.1, 0.15) is 23.6 Å². The number of amides is 2. The molecule has 0 aliphatic carbocycles. The van der Waals surface area contributed by atoms with Gasteiger partial charge in [-0.05, 0) is 51.0 Å². The van der Waals surface area contributed by atoms with Gasteiger partial charge in [0.2, 0.25) is 0 Å². The summed E-state index contributed by atoms with van der Waals surface area (Å²) in [6.07, 6.45) is 0. The molecule has 0 aromatic heterocycles. The van der Waals surface area contributed by atoms with Crippen molar-refractivity contribution in [3.63, 3.8) is 0 Å². The van der Waals surface area contributed by atoms with Crippen molar-refractivity contribution in [2.24, 2.45) is 0 Å².